The van der Waals surface area contributed by atoms with E-state index in [4.69, 9.17) is 0 Å². The first-order valence-electron chi connectivity index (χ1n) is 6.06. The third kappa shape index (κ3) is 1.80. The fourth-order valence-corrected chi connectivity index (χ4v) is 3.06. The summed E-state index contributed by atoms with van der Waals surface area (Å²) in [6, 6.07) is 7.27. The number of anilines is 1. The second kappa shape index (κ2) is 4.06. The molecular formula is C13H17FN2. The van der Waals surface area contributed by atoms with Crippen molar-refractivity contribution in [1.29, 1.82) is 0 Å². The Labute approximate surface area is 95.2 Å². The van der Waals surface area contributed by atoms with Gasteiger partial charge in [-0.25, -0.2) is 4.39 Å². The van der Waals surface area contributed by atoms with Gasteiger partial charge in [0.1, 0.15) is 5.82 Å². The molecule has 1 aliphatic heterocycles. The second-order valence-corrected chi connectivity index (χ2v) is 4.93. The summed E-state index contributed by atoms with van der Waals surface area (Å²) in [4.78, 5) is 0. The van der Waals surface area contributed by atoms with Crippen LogP contribution >= 0.6 is 0 Å². The van der Waals surface area contributed by atoms with Crippen molar-refractivity contribution in [2.24, 2.45) is 11.8 Å². The number of nitrogens with one attached hydrogen (secondary N) is 2. The molecule has 3 rings (SSSR count). The van der Waals surface area contributed by atoms with Crippen molar-refractivity contribution in [1.82, 2.24) is 5.32 Å². The van der Waals surface area contributed by atoms with Crippen LogP contribution in [0.3, 0.4) is 0 Å². The fourth-order valence-electron chi connectivity index (χ4n) is 3.06. The molecule has 0 aromatic heterocycles. The minimum atomic E-state index is -0.168. The lowest BCUT2D eigenvalue weighted by molar-refractivity contribution is 0.342. The summed E-state index contributed by atoms with van der Waals surface area (Å²) < 4.78 is 12.8. The topological polar surface area (TPSA) is 24.1 Å². The SMILES string of the molecule is Fc1ccc(N[C@@H]2[C@@H]3CC[C@H]2CNC3)cc1. The van der Waals surface area contributed by atoms with E-state index in [0.29, 0.717) is 6.04 Å². The van der Waals surface area contributed by atoms with Gasteiger partial charge in [-0.2, -0.15) is 0 Å². The van der Waals surface area contributed by atoms with E-state index in [9.17, 15) is 4.39 Å². The molecule has 1 heterocycles. The van der Waals surface area contributed by atoms with E-state index >= 15 is 0 Å². The second-order valence-electron chi connectivity index (χ2n) is 4.93. The van der Waals surface area contributed by atoms with Crippen LogP contribution in [0.4, 0.5) is 10.1 Å². The van der Waals surface area contributed by atoms with Gasteiger partial charge in [0.15, 0.2) is 0 Å². The van der Waals surface area contributed by atoms with E-state index in [2.05, 4.69) is 10.6 Å². The summed E-state index contributed by atoms with van der Waals surface area (Å²) in [6.45, 7) is 2.24. The maximum absolute atomic E-state index is 12.8. The third-order valence-corrected chi connectivity index (χ3v) is 3.91. The molecule has 3 atom stereocenters. The van der Waals surface area contributed by atoms with Crippen LogP contribution in [0.1, 0.15) is 12.8 Å². The van der Waals surface area contributed by atoms with Crippen LogP contribution in [0.2, 0.25) is 0 Å². The Bertz CT molecular complexity index is 347. The van der Waals surface area contributed by atoms with Crippen LogP contribution < -0.4 is 10.6 Å². The maximum Gasteiger partial charge on any atom is 0.123 e. The van der Waals surface area contributed by atoms with Crippen molar-refractivity contribution in [3.63, 3.8) is 0 Å². The lowest BCUT2D eigenvalue weighted by Crippen LogP contribution is -2.45. The van der Waals surface area contributed by atoms with E-state index in [1.165, 1.54) is 25.0 Å². The Balaban J connectivity index is 1.72. The van der Waals surface area contributed by atoms with Crippen LogP contribution in [0.15, 0.2) is 24.3 Å². The molecule has 0 unspecified atom stereocenters. The Morgan fingerprint density at radius 2 is 1.69 bits per heavy atom. The lowest BCUT2D eigenvalue weighted by atomic mass is 9.93. The number of hydrogen-bond donors (Lipinski definition) is 2. The zero-order valence-electron chi connectivity index (χ0n) is 9.25. The molecular weight excluding hydrogens is 203 g/mol. The summed E-state index contributed by atoms with van der Waals surface area (Å²) >= 11 is 0. The minimum absolute atomic E-state index is 0.168. The summed E-state index contributed by atoms with van der Waals surface area (Å²) in [5, 5.41) is 7.04. The summed E-state index contributed by atoms with van der Waals surface area (Å²) in [5.41, 5.74) is 1.05. The van der Waals surface area contributed by atoms with E-state index in [1.54, 1.807) is 0 Å². The number of rotatable bonds is 2. The molecule has 1 aromatic carbocycles. The minimum Gasteiger partial charge on any atom is -0.382 e. The fraction of sp³-hybridized carbons (Fsp3) is 0.538. The summed E-state index contributed by atoms with van der Waals surface area (Å²) in [7, 11) is 0. The summed E-state index contributed by atoms with van der Waals surface area (Å²) in [6.07, 6.45) is 2.63. The van der Waals surface area contributed by atoms with Crippen molar-refractivity contribution < 1.29 is 4.39 Å². The van der Waals surface area contributed by atoms with Crippen LogP contribution in [-0.2, 0) is 0 Å². The van der Waals surface area contributed by atoms with Gasteiger partial charge in [0.05, 0.1) is 0 Å². The molecule has 1 saturated heterocycles. The molecule has 2 nitrogen and oxygen atoms in total. The molecule has 3 heteroatoms. The van der Waals surface area contributed by atoms with Gasteiger partial charge < -0.3 is 10.6 Å². The molecule has 0 spiro atoms. The zero-order valence-corrected chi connectivity index (χ0v) is 9.25. The van der Waals surface area contributed by atoms with Gasteiger partial charge in [-0.3, -0.25) is 0 Å². The largest absolute Gasteiger partial charge is 0.382 e. The van der Waals surface area contributed by atoms with Crippen molar-refractivity contribution in [2.45, 2.75) is 18.9 Å². The highest BCUT2D eigenvalue weighted by atomic mass is 19.1. The highest BCUT2D eigenvalue weighted by Crippen LogP contribution is 2.35. The average molecular weight is 220 g/mol. The van der Waals surface area contributed by atoms with Gasteiger partial charge in [-0.15, -0.1) is 0 Å². The Hall–Kier alpha value is -1.09. The van der Waals surface area contributed by atoms with Gasteiger partial charge in [0.25, 0.3) is 0 Å². The van der Waals surface area contributed by atoms with E-state index < -0.39 is 0 Å². The van der Waals surface area contributed by atoms with Gasteiger partial charge >= 0.3 is 0 Å². The Kier molecular flexibility index (Phi) is 2.56. The predicted octanol–water partition coefficient (Wildman–Crippen LogP) is 2.24. The number of piperidine rings is 1. The van der Waals surface area contributed by atoms with Crippen LogP contribution in [0, 0.1) is 17.7 Å². The van der Waals surface area contributed by atoms with E-state index in [-0.39, 0.29) is 5.82 Å². The molecule has 1 saturated carbocycles. The highest BCUT2D eigenvalue weighted by Gasteiger charge is 2.38. The first-order valence-corrected chi connectivity index (χ1v) is 6.06. The number of hydrogen-bond acceptors (Lipinski definition) is 2. The predicted molar refractivity (Wildman–Crippen MR) is 62.9 cm³/mol. The number of halogens is 1. The molecule has 2 N–H and O–H groups in total. The zero-order chi connectivity index (χ0) is 11.0. The molecule has 0 radical (unpaired) electrons. The van der Waals surface area contributed by atoms with Crippen LogP contribution in [0.25, 0.3) is 0 Å². The van der Waals surface area contributed by atoms with Crippen molar-refractivity contribution >= 4 is 5.69 Å². The number of fused-ring (bicyclic) bond motifs is 2. The molecule has 86 valence electrons. The van der Waals surface area contributed by atoms with Gasteiger partial charge in [-0.1, -0.05) is 0 Å². The average Bonchev–Trinajstić information content (AvgIpc) is 2.52. The van der Waals surface area contributed by atoms with Gasteiger partial charge in [0.2, 0.25) is 0 Å². The molecule has 1 aliphatic carbocycles. The van der Waals surface area contributed by atoms with E-state index in [1.807, 2.05) is 12.1 Å². The quantitative estimate of drug-likeness (QED) is 0.798. The number of benzene rings is 1. The van der Waals surface area contributed by atoms with Gasteiger partial charge in [-0.05, 0) is 62.0 Å². The van der Waals surface area contributed by atoms with Crippen molar-refractivity contribution in [3.8, 4) is 0 Å². The molecule has 16 heavy (non-hydrogen) atoms. The smallest absolute Gasteiger partial charge is 0.123 e. The Morgan fingerprint density at radius 1 is 1.06 bits per heavy atom. The first-order chi connectivity index (χ1) is 7.83. The summed E-state index contributed by atoms with van der Waals surface area (Å²) in [5.74, 6) is 1.31. The van der Waals surface area contributed by atoms with Gasteiger partial charge in [0, 0.05) is 11.7 Å². The van der Waals surface area contributed by atoms with Crippen LogP contribution in [0.5, 0.6) is 0 Å². The maximum atomic E-state index is 12.8. The molecule has 1 aromatic rings. The molecule has 0 amide bonds. The first kappa shape index (κ1) is 10.1. The molecule has 2 aliphatic rings. The lowest BCUT2D eigenvalue weighted by Gasteiger charge is -2.32. The Morgan fingerprint density at radius 3 is 2.31 bits per heavy atom. The van der Waals surface area contributed by atoms with Crippen molar-refractivity contribution in [3.05, 3.63) is 30.1 Å². The molecule has 2 fully saturated rings. The highest BCUT2D eigenvalue weighted by molar-refractivity contribution is 5.44. The van der Waals surface area contributed by atoms with Crippen LogP contribution in [-0.4, -0.2) is 19.1 Å². The normalized spacial score (nSPS) is 32.7. The third-order valence-electron chi connectivity index (χ3n) is 3.91. The monoisotopic (exact) mass is 220 g/mol. The standard InChI is InChI=1S/C13H17FN2/c14-11-3-5-12(6-4-11)16-13-9-1-2-10(13)8-15-7-9/h3-6,9-10,13,15-16H,1-2,7-8H2/t9-,10+,13-. The van der Waals surface area contributed by atoms with E-state index in [0.717, 1.165) is 30.6 Å². The van der Waals surface area contributed by atoms with Crippen molar-refractivity contribution in [2.75, 3.05) is 18.4 Å². The molecule has 2 bridgehead atoms.